The van der Waals surface area contributed by atoms with Crippen LogP contribution >= 0.6 is 0 Å². The Balaban J connectivity index is 1.67. The number of aliphatic hydroxyl groups excluding tert-OH is 1. The van der Waals surface area contributed by atoms with Gasteiger partial charge in [-0.2, -0.15) is 0 Å². The summed E-state index contributed by atoms with van der Waals surface area (Å²) in [7, 11) is 0. The predicted octanol–water partition coefficient (Wildman–Crippen LogP) is 3.44. The van der Waals surface area contributed by atoms with Gasteiger partial charge in [-0.1, -0.05) is 26.0 Å². The van der Waals surface area contributed by atoms with Crippen molar-refractivity contribution >= 4 is 0 Å². The molecule has 3 fully saturated rings. The third-order valence-electron chi connectivity index (χ3n) is 8.24. The minimum Gasteiger partial charge on any atom is -0.389 e. The van der Waals surface area contributed by atoms with Crippen LogP contribution in [0.3, 0.4) is 0 Å². The fourth-order valence-corrected chi connectivity index (χ4v) is 6.80. The largest absolute Gasteiger partial charge is 0.389 e. The highest BCUT2D eigenvalue weighted by atomic mass is 19.1. The van der Waals surface area contributed by atoms with Gasteiger partial charge in [0.2, 0.25) is 0 Å². The Morgan fingerprint density at radius 1 is 1.14 bits per heavy atom. The van der Waals surface area contributed by atoms with E-state index < -0.39 is 6.17 Å². The maximum absolute atomic E-state index is 14.3. The van der Waals surface area contributed by atoms with Gasteiger partial charge in [-0.25, -0.2) is 4.39 Å². The fourth-order valence-electron chi connectivity index (χ4n) is 6.80. The van der Waals surface area contributed by atoms with Crippen molar-refractivity contribution in [1.82, 2.24) is 0 Å². The highest BCUT2D eigenvalue weighted by Crippen LogP contribution is 2.65. The van der Waals surface area contributed by atoms with Crippen molar-refractivity contribution in [1.29, 1.82) is 0 Å². The van der Waals surface area contributed by atoms with Crippen molar-refractivity contribution in [2.75, 3.05) is 0 Å². The lowest BCUT2D eigenvalue weighted by Crippen LogP contribution is -2.54. The molecule has 0 spiro atoms. The molecule has 0 amide bonds. The van der Waals surface area contributed by atoms with Gasteiger partial charge < -0.3 is 10.8 Å². The van der Waals surface area contributed by atoms with Gasteiger partial charge in [-0.15, -0.1) is 0 Å². The molecule has 3 N–H and O–H groups in total. The summed E-state index contributed by atoms with van der Waals surface area (Å²) in [4.78, 5) is 0. The average Bonchev–Trinajstić information content (AvgIpc) is 2.72. The molecule has 0 aromatic heterocycles. The zero-order valence-corrected chi connectivity index (χ0v) is 13.8. The second-order valence-electron chi connectivity index (χ2n) is 9.00. The Kier molecular flexibility index (Phi) is 3.30. The molecule has 22 heavy (non-hydrogen) atoms. The Morgan fingerprint density at radius 2 is 1.91 bits per heavy atom. The monoisotopic (exact) mass is 307 g/mol. The Bertz CT molecular complexity index is 494. The molecule has 4 aliphatic carbocycles. The van der Waals surface area contributed by atoms with E-state index in [4.69, 9.17) is 5.73 Å². The first-order valence-corrected chi connectivity index (χ1v) is 9.13. The van der Waals surface area contributed by atoms with Gasteiger partial charge in [0.15, 0.2) is 0 Å². The molecule has 4 aliphatic rings. The highest BCUT2D eigenvalue weighted by molar-refractivity contribution is 5.18. The van der Waals surface area contributed by atoms with Gasteiger partial charge in [-0.05, 0) is 73.0 Å². The first kappa shape index (κ1) is 15.1. The summed E-state index contributed by atoms with van der Waals surface area (Å²) in [5.41, 5.74) is 6.45. The van der Waals surface area contributed by atoms with E-state index in [0.717, 1.165) is 12.8 Å². The van der Waals surface area contributed by atoms with E-state index in [1.165, 1.54) is 19.3 Å². The Labute approximate surface area is 133 Å². The molecule has 0 saturated heterocycles. The van der Waals surface area contributed by atoms with Crippen molar-refractivity contribution < 1.29 is 9.50 Å². The summed E-state index contributed by atoms with van der Waals surface area (Å²) in [6, 6.07) is -0.271. The maximum Gasteiger partial charge on any atom is 0.116 e. The minimum absolute atomic E-state index is 0.00166. The molecule has 3 heteroatoms. The normalized spacial score (nSPS) is 60.5. The first-order valence-electron chi connectivity index (χ1n) is 9.13. The Morgan fingerprint density at radius 3 is 2.68 bits per heavy atom. The summed E-state index contributed by atoms with van der Waals surface area (Å²) >= 11 is 0. The molecule has 0 bridgehead atoms. The van der Waals surface area contributed by atoms with E-state index in [1.54, 1.807) is 0 Å². The number of halogens is 1. The molecule has 0 aliphatic heterocycles. The van der Waals surface area contributed by atoms with E-state index in [9.17, 15) is 9.50 Å². The SMILES string of the molecule is C[C@]12C=CC(O)CC1CC[C@@H]1[C@H]2CC[C@]2(C)C(N)C(F)C[C@@H]12. The molecule has 2 nitrogen and oxygen atoms in total. The maximum atomic E-state index is 14.3. The number of fused-ring (bicyclic) bond motifs is 5. The summed E-state index contributed by atoms with van der Waals surface area (Å²) < 4.78 is 14.3. The zero-order chi connectivity index (χ0) is 15.7. The van der Waals surface area contributed by atoms with Crippen LogP contribution in [0.2, 0.25) is 0 Å². The smallest absolute Gasteiger partial charge is 0.116 e. The molecular formula is C19H30FNO. The molecule has 0 aromatic rings. The average molecular weight is 307 g/mol. The van der Waals surface area contributed by atoms with Crippen molar-refractivity contribution in [3.05, 3.63) is 12.2 Å². The molecule has 9 atom stereocenters. The molecular weight excluding hydrogens is 277 g/mol. The van der Waals surface area contributed by atoms with Gasteiger partial charge in [0.1, 0.15) is 6.17 Å². The van der Waals surface area contributed by atoms with Gasteiger partial charge in [-0.3, -0.25) is 0 Å². The van der Waals surface area contributed by atoms with Crippen LogP contribution in [0.5, 0.6) is 0 Å². The molecule has 124 valence electrons. The van der Waals surface area contributed by atoms with Crippen molar-refractivity contribution in [3.63, 3.8) is 0 Å². The van der Waals surface area contributed by atoms with E-state index in [0.29, 0.717) is 30.1 Å². The van der Waals surface area contributed by atoms with Crippen LogP contribution < -0.4 is 5.73 Å². The summed E-state index contributed by atoms with van der Waals surface area (Å²) in [5.74, 6) is 2.31. The number of allylic oxidation sites excluding steroid dienone is 1. The molecule has 4 unspecified atom stereocenters. The fraction of sp³-hybridized carbons (Fsp3) is 0.895. The second-order valence-corrected chi connectivity index (χ2v) is 9.00. The van der Waals surface area contributed by atoms with E-state index in [2.05, 4.69) is 19.9 Å². The van der Waals surface area contributed by atoms with Gasteiger partial charge >= 0.3 is 0 Å². The summed E-state index contributed by atoms with van der Waals surface area (Å²) in [5, 5.41) is 9.97. The molecule has 0 aromatic carbocycles. The third-order valence-corrected chi connectivity index (χ3v) is 8.24. The zero-order valence-electron chi connectivity index (χ0n) is 13.8. The number of alkyl halides is 1. The number of aliphatic hydroxyl groups is 1. The Hall–Kier alpha value is -0.410. The third kappa shape index (κ3) is 1.84. The second kappa shape index (κ2) is 4.80. The van der Waals surface area contributed by atoms with Crippen molar-refractivity contribution in [2.45, 2.75) is 70.7 Å². The van der Waals surface area contributed by atoms with Crippen LogP contribution in [0.1, 0.15) is 52.4 Å². The lowest BCUT2D eigenvalue weighted by Gasteiger charge is -2.59. The van der Waals surface area contributed by atoms with Gasteiger partial charge in [0.05, 0.1) is 6.10 Å². The number of nitrogens with two attached hydrogens (primary N) is 1. The van der Waals surface area contributed by atoms with Crippen molar-refractivity contribution in [2.24, 2.45) is 40.2 Å². The number of rotatable bonds is 0. The van der Waals surface area contributed by atoms with E-state index in [1.807, 2.05) is 6.08 Å². The van der Waals surface area contributed by atoms with E-state index in [-0.39, 0.29) is 23.0 Å². The highest BCUT2D eigenvalue weighted by Gasteiger charge is 2.61. The lowest BCUT2D eigenvalue weighted by molar-refractivity contribution is -0.0789. The number of hydrogen-bond donors (Lipinski definition) is 2. The van der Waals surface area contributed by atoms with Crippen LogP contribution in [0, 0.1) is 34.5 Å². The van der Waals surface area contributed by atoms with Crippen LogP contribution in [0.25, 0.3) is 0 Å². The lowest BCUT2D eigenvalue weighted by atomic mass is 9.46. The molecule has 0 radical (unpaired) electrons. The van der Waals surface area contributed by atoms with Gasteiger partial charge in [0.25, 0.3) is 0 Å². The summed E-state index contributed by atoms with van der Waals surface area (Å²) in [6.45, 7) is 4.63. The van der Waals surface area contributed by atoms with Crippen LogP contribution in [-0.2, 0) is 0 Å². The molecule has 4 rings (SSSR count). The molecule has 3 saturated carbocycles. The van der Waals surface area contributed by atoms with Gasteiger partial charge in [0, 0.05) is 6.04 Å². The standard InChI is InChI=1S/C19H30FNO/c1-18-7-5-12(22)9-11(18)3-4-13-14(18)6-8-19(2)15(13)10-16(20)17(19)21/h5,7,11-17,22H,3-4,6,8-10,21H2,1-2H3/t11?,12?,13-,14-,15+,16?,17?,18+,19+/m1/s1. The number of hydrogen-bond acceptors (Lipinski definition) is 2. The quantitative estimate of drug-likeness (QED) is 0.673. The molecule has 0 heterocycles. The summed E-state index contributed by atoms with van der Waals surface area (Å²) in [6.07, 6.45) is 9.42. The van der Waals surface area contributed by atoms with Crippen LogP contribution in [0.4, 0.5) is 4.39 Å². The van der Waals surface area contributed by atoms with Crippen LogP contribution in [-0.4, -0.2) is 23.4 Å². The van der Waals surface area contributed by atoms with Crippen molar-refractivity contribution in [3.8, 4) is 0 Å². The van der Waals surface area contributed by atoms with Crippen LogP contribution in [0.15, 0.2) is 12.2 Å². The van der Waals surface area contributed by atoms with E-state index >= 15 is 0 Å². The first-order chi connectivity index (χ1) is 10.4. The predicted molar refractivity (Wildman–Crippen MR) is 85.9 cm³/mol. The topological polar surface area (TPSA) is 46.2 Å². The minimum atomic E-state index is -0.817.